The van der Waals surface area contributed by atoms with Crippen LogP contribution in [0.25, 0.3) is 11.3 Å². The van der Waals surface area contributed by atoms with Gasteiger partial charge in [0, 0.05) is 13.7 Å². The van der Waals surface area contributed by atoms with E-state index in [1.165, 1.54) is 31.4 Å². The zero-order valence-electron chi connectivity index (χ0n) is 14.5. The van der Waals surface area contributed by atoms with Gasteiger partial charge in [-0.25, -0.2) is 4.98 Å². The van der Waals surface area contributed by atoms with Crippen molar-refractivity contribution in [3.63, 3.8) is 0 Å². The Balaban J connectivity index is 1.76. The number of hydrogen-bond acceptors (Lipinski definition) is 5. The molecule has 0 aliphatic carbocycles. The first kappa shape index (κ1) is 19.2. The normalized spacial score (nSPS) is 17.8. The van der Waals surface area contributed by atoms with Gasteiger partial charge in [0.15, 0.2) is 0 Å². The molecule has 1 atom stereocenters. The quantitative estimate of drug-likeness (QED) is 0.856. The summed E-state index contributed by atoms with van der Waals surface area (Å²) in [5.41, 5.74) is 1.24. The molecule has 7 nitrogen and oxygen atoms in total. The van der Waals surface area contributed by atoms with Gasteiger partial charge in [0.1, 0.15) is 24.2 Å². The lowest BCUT2D eigenvalue weighted by Crippen LogP contribution is -2.45. The third kappa shape index (κ3) is 4.77. The monoisotopic (exact) mass is 385 g/mol. The number of imidazole rings is 1. The van der Waals surface area contributed by atoms with Crippen LogP contribution >= 0.6 is 0 Å². The van der Waals surface area contributed by atoms with Gasteiger partial charge in [0.2, 0.25) is 5.91 Å². The number of aromatic amines is 1. The minimum absolute atomic E-state index is 0.0370. The number of H-pyrrole nitrogens is 1. The highest BCUT2D eigenvalue weighted by Crippen LogP contribution is 2.28. The van der Waals surface area contributed by atoms with Crippen molar-refractivity contribution in [2.45, 2.75) is 12.4 Å². The molecule has 2 aromatic rings. The molecule has 146 valence electrons. The topological polar surface area (TPSA) is 76.7 Å². The molecule has 1 fully saturated rings. The van der Waals surface area contributed by atoms with Gasteiger partial charge in [-0.05, 0) is 29.8 Å². The van der Waals surface area contributed by atoms with Gasteiger partial charge in [-0.3, -0.25) is 4.79 Å². The molecule has 0 bridgehead atoms. The summed E-state index contributed by atoms with van der Waals surface area (Å²) < 4.78 is 50.9. The summed E-state index contributed by atoms with van der Waals surface area (Å²) >= 11 is 0. The molecule has 1 aromatic heterocycles. The van der Waals surface area contributed by atoms with Gasteiger partial charge in [-0.2, -0.15) is 0 Å². The van der Waals surface area contributed by atoms with Crippen LogP contribution < -0.4 is 4.74 Å². The fourth-order valence-electron chi connectivity index (χ4n) is 2.82. The second kappa shape index (κ2) is 7.97. The van der Waals surface area contributed by atoms with Crippen LogP contribution in [0.2, 0.25) is 0 Å². The molecule has 1 aliphatic rings. The Hall–Kier alpha value is -2.59. The molecule has 0 radical (unpaired) electrons. The van der Waals surface area contributed by atoms with Crippen molar-refractivity contribution < 1.29 is 32.2 Å². The number of benzene rings is 1. The van der Waals surface area contributed by atoms with E-state index in [2.05, 4.69) is 14.7 Å². The number of halogens is 3. The third-order valence-electron chi connectivity index (χ3n) is 4.03. The average molecular weight is 385 g/mol. The van der Waals surface area contributed by atoms with Crippen molar-refractivity contribution in [3.05, 3.63) is 36.3 Å². The number of alkyl halides is 3. The molecule has 1 aliphatic heterocycles. The number of carbonyl (C=O) groups excluding carboxylic acids is 1. The molecule has 2 heterocycles. The molecule has 1 N–H and O–H groups in total. The maximum Gasteiger partial charge on any atom is 0.573 e. The Kier molecular flexibility index (Phi) is 5.66. The Labute approximate surface area is 153 Å². The van der Waals surface area contributed by atoms with Crippen LogP contribution in [0.3, 0.4) is 0 Å². The number of amides is 1. The van der Waals surface area contributed by atoms with Gasteiger partial charge in [-0.15, -0.1) is 13.2 Å². The molecule has 0 saturated carbocycles. The Morgan fingerprint density at radius 3 is 2.78 bits per heavy atom. The van der Waals surface area contributed by atoms with Crippen LogP contribution in [0.1, 0.15) is 11.9 Å². The Morgan fingerprint density at radius 1 is 1.37 bits per heavy atom. The number of ether oxygens (including phenoxy) is 3. The smallest absolute Gasteiger partial charge is 0.406 e. The van der Waals surface area contributed by atoms with Gasteiger partial charge >= 0.3 is 6.36 Å². The lowest BCUT2D eigenvalue weighted by Gasteiger charge is -2.34. The molecule has 0 spiro atoms. The second-order valence-electron chi connectivity index (χ2n) is 5.87. The molecule has 1 amide bonds. The van der Waals surface area contributed by atoms with E-state index in [1.54, 1.807) is 11.1 Å². The molecule has 0 unspecified atom stereocenters. The van der Waals surface area contributed by atoms with Gasteiger partial charge in [0.25, 0.3) is 0 Å². The van der Waals surface area contributed by atoms with E-state index in [4.69, 9.17) is 9.47 Å². The van der Waals surface area contributed by atoms with Crippen molar-refractivity contribution in [3.8, 4) is 17.0 Å². The summed E-state index contributed by atoms with van der Waals surface area (Å²) in [4.78, 5) is 21.3. The van der Waals surface area contributed by atoms with E-state index in [0.717, 1.165) is 0 Å². The summed E-state index contributed by atoms with van der Waals surface area (Å²) in [6.07, 6.45) is -3.18. The van der Waals surface area contributed by atoms with E-state index >= 15 is 0 Å². The van der Waals surface area contributed by atoms with E-state index in [9.17, 15) is 18.0 Å². The largest absolute Gasteiger partial charge is 0.573 e. The number of hydrogen-bond donors (Lipinski definition) is 1. The van der Waals surface area contributed by atoms with Crippen molar-refractivity contribution >= 4 is 5.91 Å². The Bertz CT molecular complexity index is 776. The number of morpholine rings is 1. The molecular formula is C17H18F3N3O4. The van der Waals surface area contributed by atoms with Crippen molar-refractivity contribution in [1.82, 2.24) is 14.9 Å². The zero-order valence-corrected chi connectivity index (χ0v) is 14.5. The third-order valence-corrected chi connectivity index (χ3v) is 4.03. The number of aromatic nitrogens is 2. The van der Waals surface area contributed by atoms with Gasteiger partial charge in [-0.1, -0.05) is 0 Å². The first-order valence-corrected chi connectivity index (χ1v) is 8.14. The van der Waals surface area contributed by atoms with E-state index in [-0.39, 0.29) is 24.3 Å². The van der Waals surface area contributed by atoms with Gasteiger partial charge < -0.3 is 24.1 Å². The van der Waals surface area contributed by atoms with E-state index < -0.39 is 6.36 Å². The first-order valence-electron chi connectivity index (χ1n) is 8.14. The molecule has 1 aromatic carbocycles. The van der Waals surface area contributed by atoms with Crippen molar-refractivity contribution in [2.75, 3.05) is 33.5 Å². The summed E-state index contributed by atoms with van der Waals surface area (Å²) in [5.74, 6) is 0.0604. The molecular weight excluding hydrogens is 367 g/mol. The number of nitrogens with one attached hydrogen (secondary N) is 1. The highest BCUT2D eigenvalue weighted by molar-refractivity contribution is 5.78. The zero-order chi connectivity index (χ0) is 19.4. The molecule has 3 rings (SSSR count). The van der Waals surface area contributed by atoms with E-state index in [0.29, 0.717) is 36.8 Å². The fraction of sp³-hybridized carbons (Fsp3) is 0.412. The number of rotatable bonds is 5. The summed E-state index contributed by atoms with van der Waals surface area (Å²) in [6.45, 7) is 1.11. The highest BCUT2D eigenvalue weighted by atomic mass is 19.4. The van der Waals surface area contributed by atoms with Crippen LogP contribution in [0.4, 0.5) is 13.2 Å². The predicted molar refractivity (Wildman–Crippen MR) is 87.9 cm³/mol. The average Bonchev–Trinajstić information content (AvgIpc) is 3.11. The molecule has 27 heavy (non-hydrogen) atoms. The van der Waals surface area contributed by atoms with Crippen LogP contribution in [-0.2, 0) is 14.3 Å². The standard InChI is InChI=1S/C17H18F3N3O4/c1-25-10-15(24)23-6-7-26-9-14(23)16-21-8-13(22-16)11-2-4-12(5-3-11)27-17(18,19)20/h2-5,8,14H,6-7,9-10H2,1H3,(H,21,22)/t14-/m0/s1. The lowest BCUT2D eigenvalue weighted by molar-refractivity contribution is -0.274. The maximum absolute atomic E-state index is 12.2. The van der Waals surface area contributed by atoms with Crippen LogP contribution in [0.15, 0.2) is 30.5 Å². The number of carbonyl (C=O) groups is 1. The second-order valence-corrected chi connectivity index (χ2v) is 5.87. The summed E-state index contributed by atoms with van der Waals surface area (Å²) in [6, 6.07) is 5.04. The highest BCUT2D eigenvalue weighted by Gasteiger charge is 2.32. The van der Waals surface area contributed by atoms with Crippen LogP contribution in [-0.4, -0.2) is 60.6 Å². The van der Waals surface area contributed by atoms with Crippen molar-refractivity contribution in [2.24, 2.45) is 0 Å². The maximum atomic E-state index is 12.2. The van der Waals surface area contributed by atoms with Crippen LogP contribution in [0.5, 0.6) is 5.75 Å². The minimum Gasteiger partial charge on any atom is -0.406 e. The SMILES string of the molecule is COCC(=O)N1CCOC[C@H]1c1ncc(-c2ccc(OC(F)(F)F)cc2)[nH]1. The fourth-order valence-corrected chi connectivity index (χ4v) is 2.82. The molecule has 10 heteroatoms. The number of methoxy groups -OCH3 is 1. The number of nitrogens with zero attached hydrogens (tertiary/aromatic N) is 2. The molecule has 1 saturated heterocycles. The minimum atomic E-state index is -4.73. The summed E-state index contributed by atoms with van der Waals surface area (Å²) in [7, 11) is 1.45. The lowest BCUT2D eigenvalue weighted by atomic mass is 10.1. The Morgan fingerprint density at radius 2 is 2.11 bits per heavy atom. The summed E-state index contributed by atoms with van der Waals surface area (Å²) in [5, 5.41) is 0. The van der Waals surface area contributed by atoms with E-state index in [1.807, 2.05) is 0 Å². The van der Waals surface area contributed by atoms with Crippen molar-refractivity contribution in [1.29, 1.82) is 0 Å². The van der Waals surface area contributed by atoms with Crippen LogP contribution in [0, 0.1) is 0 Å². The predicted octanol–water partition coefficient (Wildman–Crippen LogP) is 2.52. The van der Waals surface area contributed by atoms with Gasteiger partial charge in [0.05, 0.1) is 25.1 Å². The first-order chi connectivity index (χ1) is 12.9.